The van der Waals surface area contributed by atoms with Gasteiger partial charge in [0.25, 0.3) is 0 Å². The standard InChI is InChI=1S/C26H30N6O2/c1-16-6-11-22(12-17(16)2)32-15-19(13-25(32)33)26(34)30-21-9-7-20(8-10-21)29-23-14-24(31(4)5)28-18(3)27-23/h6-12,14,19H,13,15H2,1-5H3,(H,30,34)(H,27,28,29). The number of carbonyl (C=O) groups excluding carboxylic acids is 2. The van der Waals surface area contributed by atoms with E-state index in [1.54, 1.807) is 4.90 Å². The van der Waals surface area contributed by atoms with E-state index in [1.807, 2.05) is 88.3 Å². The number of hydrogen-bond acceptors (Lipinski definition) is 6. The maximum absolute atomic E-state index is 12.8. The predicted molar refractivity (Wildman–Crippen MR) is 136 cm³/mol. The number of nitrogens with one attached hydrogen (secondary N) is 2. The van der Waals surface area contributed by atoms with E-state index in [4.69, 9.17) is 0 Å². The lowest BCUT2D eigenvalue weighted by atomic mass is 10.1. The number of carbonyl (C=O) groups is 2. The minimum absolute atomic E-state index is 0.0276. The average Bonchev–Trinajstić information content (AvgIpc) is 3.18. The van der Waals surface area contributed by atoms with Crippen LogP contribution in [0, 0.1) is 26.7 Å². The van der Waals surface area contributed by atoms with E-state index in [1.165, 1.54) is 5.56 Å². The fourth-order valence-corrected chi connectivity index (χ4v) is 3.90. The Morgan fingerprint density at radius 2 is 1.68 bits per heavy atom. The minimum atomic E-state index is -0.389. The molecule has 4 rings (SSSR count). The van der Waals surface area contributed by atoms with Gasteiger partial charge in [0.05, 0.1) is 5.92 Å². The van der Waals surface area contributed by atoms with Crippen LogP contribution < -0.4 is 20.4 Å². The largest absolute Gasteiger partial charge is 0.363 e. The molecule has 1 aliphatic heterocycles. The molecule has 1 atom stereocenters. The molecule has 0 spiro atoms. The van der Waals surface area contributed by atoms with Crippen LogP contribution in [0.2, 0.25) is 0 Å². The van der Waals surface area contributed by atoms with Crippen molar-refractivity contribution in [3.05, 3.63) is 65.5 Å². The van der Waals surface area contributed by atoms with Crippen LogP contribution in [-0.2, 0) is 9.59 Å². The molecule has 2 amide bonds. The molecular weight excluding hydrogens is 428 g/mol. The normalized spacial score (nSPS) is 15.4. The second kappa shape index (κ2) is 9.51. The first-order chi connectivity index (χ1) is 16.2. The van der Waals surface area contributed by atoms with Crippen LogP contribution in [0.3, 0.4) is 0 Å². The molecule has 3 aromatic rings. The van der Waals surface area contributed by atoms with Crippen molar-refractivity contribution in [1.82, 2.24) is 9.97 Å². The molecule has 8 nitrogen and oxygen atoms in total. The monoisotopic (exact) mass is 458 g/mol. The maximum atomic E-state index is 12.8. The first-order valence-electron chi connectivity index (χ1n) is 11.3. The number of rotatable bonds is 6. The van der Waals surface area contributed by atoms with E-state index >= 15 is 0 Å². The molecule has 176 valence electrons. The van der Waals surface area contributed by atoms with E-state index in [9.17, 15) is 9.59 Å². The molecule has 8 heteroatoms. The molecule has 1 aromatic heterocycles. The van der Waals surface area contributed by atoms with Crippen LogP contribution in [0.15, 0.2) is 48.5 Å². The minimum Gasteiger partial charge on any atom is -0.363 e. The molecule has 1 aliphatic rings. The summed E-state index contributed by atoms with van der Waals surface area (Å²) in [5.41, 5.74) is 4.67. The quantitative estimate of drug-likeness (QED) is 0.575. The Morgan fingerprint density at radius 1 is 0.971 bits per heavy atom. The van der Waals surface area contributed by atoms with E-state index in [2.05, 4.69) is 20.6 Å². The highest BCUT2D eigenvalue weighted by molar-refractivity contribution is 6.03. The Morgan fingerprint density at radius 3 is 2.35 bits per heavy atom. The Labute approximate surface area is 200 Å². The Kier molecular flexibility index (Phi) is 6.49. The van der Waals surface area contributed by atoms with Crippen molar-refractivity contribution in [2.45, 2.75) is 27.2 Å². The molecule has 0 bridgehead atoms. The third kappa shape index (κ3) is 5.17. The van der Waals surface area contributed by atoms with E-state index < -0.39 is 0 Å². The summed E-state index contributed by atoms with van der Waals surface area (Å²) >= 11 is 0. The van der Waals surface area contributed by atoms with Gasteiger partial charge in [0.1, 0.15) is 17.5 Å². The summed E-state index contributed by atoms with van der Waals surface area (Å²) in [5.74, 6) is 1.63. The van der Waals surface area contributed by atoms with Gasteiger partial charge in [0.2, 0.25) is 11.8 Å². The average molecular weight is 459 g/mol. The first-order valence-corrected chi connectivity index (χ1v) is 11.3. The summed E-state index contributed by atoms with van der Waals surface area (Å²) < 4.78 is 0. The van der Waals surface area contributed by atoms with Gasteiger partial charge in [-0.1, -0.05) is 6.07 Å². The Balaban J connectivity index is 1.38. The number of nitrogens with zero attached hydrogens (tertiary/aromatic N) is 4. The second-order valence-corrected chi connectivity index (χ2v) is 8.92. The van der Waals surface area contributed by atoms with Crippen molar-refractivity contribution in [2.24, 2.45) is 5.92 Å². The number of anilines is 5. The van der Waals surface area contributed by atoms with Gasteiger partial charge in [-0.15, -0.1) is 0 Å². The van der Waals surface area contributed by atoms with Crippen LogP contribution in [0.25, 0.3) is 0 Å². The second-order valence-electron chi connectivity index (χ2n) is 8.92. The lowest BCUT2D eigenvalue weighted by molar-refractivity contribution is -0.122. The summed E-state index contributed by atoms with van der Waals surface area (Å²) in [4.78, 5) is 37.9. The molecule has 2 aromatic carbocycles. The first kappa shape index (κ1) is 23.2. The lowest BCUT2D eigenvalue weighted by Crippen LogP contribution is -2.28. The van der Waals surface area contributed by atoms with E-state index in [0.29, 0.717) is 23.9 Å². The highest BCUT2D eigenvalue weighted by Gasteiger charge is 2.35. The molecule has 34 heavy (non-hydrogen) atoms. The van der Waals surface area contributed by atoms with Gasteiger partial charge in [-0.2, -0.15) is 0 Å². The fourth-order valence-electron chi connectivity index (χ4n) is 3.90. The molecular formula is C26H30N6O2. The molecule has 1 saturated heterocycles. The molecule has 2 N–H and O–H groups in total. The highest BCUT2D eigenvalue weighted by Crippen LogP contribution is 2.28. The van der Waals surface area contributed by atoms with E-state index in [0.717, 1.165) is 22.8 Å². The summed E-state index contributed by atoms with van der Waals surface area (Å²) in [7, 11) is 3.87. The summed E-state index contributed by atoms with van der Waals surface area (Å²) in [5, 5.41) is 6.22. The van der Waals surface area contributed by atoms with Crippen molar-refractivity contribution in [2.75, 3.05) is 41.1 Å². The molecule has 0 radical (unpaired) electrons. The van der Waals surface area contributed by atoms with Crippen LogP contribution in [0.4, 0.5) is 28.7 Å². The lowest BCUT2D eigenvalue weighted by Gasteiger charge is -2.18. The Hall–Kier alpha value is -3.94. The summed E-state index contributed by atoms with van der Waals surface area (Å²) in [6.07, 6.45) is 0.208. The zero-order valence-corrected chi connectivity index (χ0v) is 20.2. The van der Waals surface area contributed by atoms with Crippen LogP contribution in [0.5, 0.6) is 0 Å². The van der Waals surface area contributed by atoms with Crippen LogP contribution in [-0.4, -0.2) is 42.4 Å². The Bertz CT molecular complexity index is 1220. The van der Waals surface area contributed by atoms with Crippen molar-refractivity contribution in [3.8, 4) is 0 Å². The third-order valence-corrected chi connectivity index (χ3v) is 6.01. The number of aromatic nitrogens is 2. The van der Waals surface area contributed by atoms with Gasteiger partial charge in [0.15, 0.2) is 0 Å². The number of hydrogen-bond donors (Lipinski definition) is 2. The molecule has 2 heterocycles. The SMILES string of the molecule is Cc1nc(Nc2ccc(NC(=O)C3CC(=O)N(c4ccc(C)c(C)c4)C3)cc2)cc(N(C)C)n1. The number of amides is 2. The van der Waals surface area contributed by atoms with Crippen molar-refractivity contribution >= 4 is 40.5 Å². The fraction of sp³-hybridized carbons (Fsp3) is 0.308. The van der Waals surface area contributed by atoms with Crippen LogP contribution in [0.1, 0.15) is 23.4 Å². The van der Waals surface area contributed by atoms with Gasteiger partial charge in [-0.3, -0.25) is 9.59 Å². The molecule has 0 aliphatic carbocycles. The molecule has 1 unspecified atom stereocenters. The van der Waals surface area contributed by atoms with Gasteiger partial charge in [-0.25, -0.2) is 9.97 Å². The van der Waals surface area contributed by atoms with Gasteiger partial charge >= 0.3 is 0 Å². The maximum Gasteiger partial charge on any atom is 0.229 e. The van der Waals surface area contributed by atoms with Gasteiger partial charge < -0.3 is 20.4 Å². The number of benzene rings is 2. The van der Waals surface area contributed by atoms with Gasteiger partial charge in [0, 0.05) is 50.2 Å². The summed E-state index contributed by atoms with van der Waals surface area (Å²) in [6.45, 7) is 6.30. The zero-order chi connectivity index (χ0) is 24.4. The highest BCUT2D eigenvalue weighted by atomic mass is 16.2. The van der Waals surface area contributed by atoms with Crippen molar-refractivity contribution in [3.63, 3.8) is 0 Å². The molecule has 1 fully saturated rings. The third-order valence-electron chi connectivity index (χ3n) is 6.01. The smallest absolute Gasteiger partial charge is 0.229 e. The molecule has 0 saturated carbocycles. The summed E-state index contributed by atoms with van der Waals surface area (Å²) in [6, 6.07) is 15.2. The van der Waals surface area contributed by atoms with Crippen LogP contribution >= 0.6 is 0 Å². The number of aryl methyl sites for hydroxylation is 3. The van der Waals surface area contributed by atoms with Gasteiger partial charge in [-0.05, 0) is 68.3 Å². The topological polar surface area (TPSA) is 90.5 Å². The predicted octanol–water partition coefficient (Wildman–Crippen LogP) is 4.20. The zero-order valence-electron chi connectivity index (χ0n) is 20.2. The van der Waals surface area contributed by atoms with E-state index in [-0.39, 0.29) is 24.2 Å². The van der Waals surface area contributed by atoms with Crippen molar-refractivity contribution < 1.29 is 9.59 Å². The van der Waals surface area contributed by atoms with Crippen molar-refractivity contribution in [1.29, 1.82) is 0 Å².